The lowest BCUT2D eigenvalue weighted by Gasteiger charge is -2.30. The Morgan fingerprint density at radius 1 is 0.909 bits per heavy atom. The van der Waals surface area contributed by atoms with Crippen LogP contribution in [0, 0.1) is 5.92 Å². The van der Waals surface area contributed by atoms with Gasteiger partial charge in [-0.1, -0.05) is 18.2 Å². The first-order chi connectivity index (χ1) is 15.9. The molecule has 2 aromatic rings. The molecule has 1 saturated heterocycles. The van der Waals surface area contributed by atoms with Gasteiger partial charge in [0, 0.05) is 19.2 Å². The maximum Gasteiger partial charge on any atom is 0.338 e. The number of esters is 2. The Morgan fingerprint density at radius 3 is 2.30 bits per heavy atom. The predicted octanol–water partition coefficient (Wildman–Crippen LogP) is 2.26. The van der Waals surface area contributed by atoms with Crippen LogP contribution in [-0.4, -0.2) is 64.2 Å². The molecule has 0 amide bonds. The number of carbonyl (C=O) groups excluding carboxylic acids is 2. The summed E-state index contributed by atoms with van der Waals surface area (Å²) in [5.74, 6) is -0.363. The van der Waals surface area contributed by atoms with E-state index in [0.29, 0.717) is 43.1 Å². The molecule has 176 valence electrons. The van der Waals surface area contributed by atoms with E-state index in [1.807, 2.05) is 0 Å². The summed E-state index contributed by atoms with van der Waals surface area (Å²) in [5, 5.41) is 0. The van der Waals surface area contributed by atoms with E-state index >= 15 is 0 Å². The number of rotatable bonds is 7. The van der Waals surface area contributed by atoms with Crippen molar-refractivity contribution < 1.29 is 37.0 Å². The van der Waals surface area contributed by atoms with Crippen LogP contribution in [0.5, 0.6) is 11.5 Å². The molecule has 4 rings (SSSR count). The van der Waals surface area contributed by atoms with Gasteiger partial charge in [-0.05, 0) is 37.1 Å². The van der Waals surface area contributed by atoms with E-state index in [1.54, 1.807) is 36.4 Å². The minimum atomic E-state index is -3.71. The molecular formula is C23H25NO8S. The van der Waals surface area contributed by atoms with E-state index in [2.05, 4.69) is 0 Å². The zero-order valence-electron chi connectivity index (χ0n) is 18.0. The predicted molar refractivity (Wildman–Crippen MR) is 117 cm³/mol. The highest BCUT2D eigenvalue weighted by atomic mass is 32.2. The molecule has 0 spiro atoms. The van der Waals surface area contributed by atoms with E-state index < -0.39 is 27.9 Å². The quantitative estimate of drug-likeness (QED) is 0.443. The summed E-state index contributed by atoms with van der Waals surface area (Å²) in [5.41, 5.74) is 0.426. The van der Waals surface area contributed by atoms with Crippen LogP contribution in [0.1, 0.15) is 23.2 Å². The van der Waals surface area contributed by atoms with Crippen LogP contribution in [0.2, 0.25) is 0 Å². The first-order valence-corrected chi connectivity index (χ1v) is 12.2. The van der Waals surface area contributed by atoms with E-state index in [1.165, 1.54) is 16.4 Å². The number of nitrogens with zero attached hydrogens (tertiary/aromatic N) is 1. The van der Waals surface area contributed by atoms with Gasteiger partial charge in [-0.3, -0.25) is 4.79 Å². The summed E-state index contributed by atoms with van der Waals surface area (Å²) in [4.78, 5) is 24.3. The lowest BCUT2D eigenvalue weighted by molar-refractivity contribution is -0.150. The van der Waals surface area contributed by atoms with Gasteiger partial charge in [-0.25, -0.2) is 13.2 Å². The van der Waals surface area contributed by atoms with Crippen molar-refractivity contribution in [3.63, 3.8) is 0 Å². The second kappa shape index (κ2) is 10.2. The van der Waals surface area contributed by atoms with Crippen molar-refractivity contribution in [2.75, 3.05) is 39.5 Å². The smallest absolute Gasteiger partial charge is 0.338 e. The summed E-state index contributed by atoms with van der Waals surface area (Å²) < 4.78 is 48.6. The first kappa shape index (κ1) is 23.1. The molecule has 0 atom stereocenters. The van der Waals surface area contributed by atoms with Crippen LogP contribution in [-0.2, 0) is 24.3 Å². The average Bonchev–Trinajstić information content (AvgIpc) is 2.86. The summed E-state index contributed by atoms with van der Waals surface area (Å²) in [7, 11) is -3.71. The highest BCUT2D eigenvalue weighted by Crippen LogP contribution is 2.34. The van der Waals surface area contributed by atoms with E-state index in [0.717, 1.165) is 0 Å². The monoisotopic (exact) mass is 475 g/mol. The second-order valence-corrected chi connectivity index (χ2v) is 9.59. The van der Waals surface area contributed by atoms with Crippen LogP contribution < -0.4 is 9.47 Å². The lowest BCUT2D eigenvalue weighted by Crippen LogP contribution is -2.40. The standard InChI is InChI=1S/C23H25NO8S/c25-22(17-4-2-1-3-5-17)31-14-15-32-23(26)18-8-10-24(11-9-18)33(27,28)19-6-7-20-21(16-19)30-13-12-29-20/h1-7,16,18H,8-15H2. The van der Waals surface area contributed by atoms with Gasteiger partial charge in [0.05, 0.1) is 16.4 Å². The Bertz CT molecular complexity index is 1090. The van der Waals surface area contributed by atoms with Crippen LogP contribution >= 0.6 is 0 Å². The van der Waals surface area contributed by atoms with Crippen LogP contribution in [0.4, 0.5) is 0 Å². The number of sulfonamides is 1. The third-order valence-corrected chi connectivity index (χ3v) is 7.40. The minimum Gasteiger partial charge on any atom is -0.486 e. The number of hydrogen-bond donors (Lipinski definition) is 0. The number of fused-ring (bicyclic) bond motifs is 1. The number of carbonyl (C=O) groups is 2. The molecular weight excluding hydrogens is 450 g/mol. The van der Waals surface area contributed by atoms with Crippen molar-refractivity contribution in [2.24, 2.45) is 5.92 Å². The third kappa shape index (κ3) is 5.45. The molecule has 0 bridgehead atoms. The van der Waals surface area contributed by atoms with Crippen LogP contribution in [0.15, 0.2) is 53.4 Å². The van der Waals surface area contributed by atoms with Crippen LogP contribution in [0.25, 0.3) is 0 Å². The Balaban J connectivity index is 1.23. The summed E-state index contributed by atoms with van der Waals surface area (Å²) in [6.07, 6.45) is 0.707. The van der Waals surface area contributed by atoms with Crippen molar-refractivity contribution in [1.82, 2.24) is 4.31 Å². The molecule has 0 aromatic heterocycles. The zero-order chi connectivity index (χ0) is 23.3. The van der Waals surface area contributed by atoms with E-state index in [9.17, 15) is 18.0 Å². The van der Waals surface area contributed by atoms with Gasteiger partial charge in [0.15, 0.2) is 11.5 Å². The first-order valence-electron chi connectivity index (χ1n) is 10.7. The van der Waals surface area contributed by atoms with Gasteiger partial charge < -0.3 is 18.9 Å². The average molecular weight is 476 g/mol. The number of benzene rings is 2. The minimum absolute atomic E-state index is 0.0448. The fourth-order valence-corrected chi connectivity index (χ4v) is 5.20. The summed E-state index contributed by atoms with van der Waals surface area (Å²) >= 11 is 0. The molecule has 0 saturated carbocycles. The molecule has 10 heteroatoms. The van der Waals surface area contributed by atoms with Gasteiger partial charge in [0.1, 0.15) is 26.4 Å². The Labute approximate surface area is 192 Å². The van der Waals surface area contributed by atoms with Crippen LogP contribution in [0.3, 0.4) is 0 Å². The van der Waals surface area contributed by atoms with Crippen molar-refractivity contribution in [1.29, 1.82) is 0 Å². The molecule has 0 radical (unpaired) electrons. The maximum atomic E-state index is 13.0. The topological polar surface area (TPSA) is 108 Å². The maximum absolute atomic E-state index is 13.0. The largest absolute Gasteiger partial charge is 0.486 e. The summed E-state index contributed by atoms with van der Waals surface area (Å²) in [6.45, 7) is 1.12. The fraction of sp³-hybridized carbons (Fsp3) is 0.391. The van der Waals surface area contributed by atoms with Gasteiger partial charge in [0.2, 0.25) is 10.0 Å². The number of ether oxygens (including phenoxy) is 4. The summed E-state index contributed by atoms with van der Waals surface area (Å²) in [6, 6.07) is 13.1. The molecule has 1 fully saturated rings. The van der Waals surface area contributed by atoms with E-state index in [-0.39, 0.29) is 31.2 Å². The molecule has 2 aromatic carbocycles. The van der Waals surface area contributed by atoms with Gasteiger partial charge in [-0.15, -0.1) is 0 Å². The Hall–Kier alpha value is -3.11. The molecule has 2 aliphatic heterocycles. The Morgan fingerprint density at radius 2 is 1.58 bits per heavy atom. The van der Waals surface area contributed by atoms with Crippen molar-refractivity contribution in [3.8, 4) is 11.5 Å². The van der Waals surface area contributed by atoms with Crippen molar-refractivity contribution in [2.45, 2.75) is 17.7 Å². The van der Waals surface area contributed by atoms with Crippen molar-refractivity contribution >= 4 is 22.0 Å². The number of piperidine rings is 1. The van der Waals surface area contributed by atoms with Gasteiger partial charge >= 0.3 is 11.9 Å². The molecule has 2 heterocycles. The van der Waals surface area contributed by atoms with E-state index in [4.69, 9.17) is 18.9 Å². The second-order valence-electron chi connectivity index (χ2n) is 7.65. The highest BCUT2D eigenvalue weighted by molar-refractivity contribution is 7.89. The third-order valence-electron chi connectivity index (χ3n) is 5.51. The molecule has 0 unspecified atom stereocenters. The molecule has 0 aliphatic carbocycles. The van der Waals surface area contributed by atoms with Gasteiger partial charge in [-0.2, -0.15) is 4.31 Å². The van der Waals surface area contributed by atoms with Crippen molar-refractivity contribution in [3.05, 3.63) is 54.1 Å². The number of hydrogen-bond acceptors (Lipinski definition) is 8. The fourth-order valence-electron chi connectivity index (χ4n) is 3.72. The Kier molecular flexibility index (Phi) is 7.14. The molecule has 2 aliphatic rings. The lowest BCUT2D eigenvalue weighted by atomic mass is 9.98. The zero-order valence-corrected chi connectivity index (χ0v) is 18.8. The SMILES string of the molecule is O=C(OCCOC(=O)C1CCN(S(=O)(=O)c2ccc3c(c2)OCCO3)CC1)c1ccccc1. The normalized spacial score (nSPS) is 16.7. The molecule has 0 N–H and O–H groups in total. The molecule has 9 nitrogen and oxygen atoms in total. The highest BCUT2D eigenvalue weighted by Gasteiger charge is 2.33. The van der Waals surface area contributed by atoms with Gasteiger partial charge in [0.25, 0.3) is 0 Å². The molecule has 33 heavy (non-hydrogen) atoms.